The molecule has 2 N–H and O–H groups in total. The van der Waals surface area contributed by atoms with Gasteiger partial charge in [-0.2, -0.15) is 0 Å². The van der Waals surface area contributed by atoms with Crippen LogP contribution < -0.4 is 10.1 Å². The summed E-state index contributed by atoms with van der Waals surface area (Å²) in [5.41, 5.74) is 2.44. The van der Waals surface area contributed by atoms with Crippen LogP contribution in [-0.4, -0.2) is 41.9 Å². The number of benzene rings is 1. The summed E-state index contributed by atoms with van der Waals surface area (Å²) in [6.45, 7) is 3.94. The van der Waals surface area contributed by atoms with E-state index >= 15 is 0 Å². The van der Waals surface area contributed by atoms with Gasteiger partial charge in [0.25, 0.3) is 0 Å². The maximum atomic E-state index is 12.0. The number of amides is 1. The standard InChI is InChI=1S/C18H22N2O6/c1-11-15(12(2)26-20-11)9-25-14-6-4-13(5-7-14)8-17(21)19-16(10-24-3)18(22)23/h4-7,16H,8-10H2,1-3H3,(H,19,21)(H,22,23). The predicted octanol–water partition coefficient (Wildman–Crippen LogP) is 1.63. The Morgan fingerprint density at radius 3 is 2.50 bits per heavy atom. The van der Waals surface area contributed by atoms with Crippen LogP contribution in [-0.2, 0) is 27.4 Å². The van der Waals surface area contributed by atoms with Crippen molar-refractivity contribution in [1.29, 1.82) is 0 Å². The number of aryl methyl sites for hydroxylation is 2. The van der Waals surface area contributed by atoms with Crippen LogP contribution in [0.1, 0.15) is 22.6 Å². The summed E-state index contributed by atoms with van der Waals surface area (Å²) < 4.78 is 15.6. The van der Waals surface area contributed by atoms with Crippen LogP contribution in [0, 0.1) is 13.8 Å². The smallest absolute Gasteiger partial charge is 0.328 e. The van der Waals surface area contributed by atoms with Crippen molar-refractivity contribution >= 4 is 11.9 Å². The van der Waals surface area contributed by atoms with Gasteiger partial charge in [0.1, 0.15) is 18.1 Å². The van der Waals surface area contributed by atoms with E-state index in [9.17, 15) is 9.59 Å². The van der Waals surface area contributed by atoms with Crippen molar-refractivity contribution in [2.45, 2.75) is 32.9 Å². The first-order valence-corrected chi connectivity index (χ1v) is 8.05. The average Bonchev–Trinajstić information content (AvgIpc) is 2.92. The highest BCUT2D eigenvalue weighted by atomic mass is 16.5. The molecular weight excluding hydrogens is 340 g/mol. The molecule has 0 aliphatic rings. The van der Waals surface area contributed by atoms with Crippen molar-refractivity contribution in [1.82, 2.24) is 10.5 Å². The highest BCUT2D eigenvalue weighted by Crippen LogP contribution is 2.18. The number of carboxylic acid groups (broad SMARTS) is 1. The van der Waals surface area contributed by atoms with E-state index in [1.165, 1.54) is 7.11 Å². The van der Waals surface area contributed by atoms with Crippen LogP contribution in [0.5, 0.6) is 5.75 Å². The molecule has 1 atom stereocenters. The number of aromatic nitrogens is 1. The lowest BCUT2D eigenvalue weighted by Crippen LogP contribution is -2.44. The lowest BCUT2D eigenvalue weighted by molar-refractivity contribution is -0.143. The van der Waals surface area contributed by atoms with E-state index in [2.05, 4.69) is 10.5 Å². The summed E-state index contributed by atoms with van der Waals surface area (Å²) in [5, 5.41) is 15.3. The Hall–Kier alpha value is -2.87. The number of carbonyl (C=O) groups is 2. The number of nitrogens with zero attached hydrogens (tertiary/aromatic N) is 1. The summed E-state index contributed by atoms with van der Waals surface area (Å²) >= 11 is 0. The second-order valence-corrected chi connectivity index (χ2v) is 5.83. The fourth-order valence-electron chi connectivity index (χ4n) is 2.34. The van der Waals surface area contributed by atoms with E-state index in [1.54, 1.807) is 24.3 Å². The Kier molecular flexibility index (Phi) is 6.74. The Morgan fingerprint density at radius 1 is 1.27 bits per heavy atom. The second-order valence-electron chi connectivity index (χ2n) is 5.83. The quantitative estimate of drug-likeness (QED) is 0.697. The third-order valence-corrected chi connectivity index (χ3v) is 3.82. The van der Waals surface area contributed by atoms with E-state index in [0.717, 1.165) is 22.6 Å². The SMILES string of the molecule is COCC(NC(=O)Cc1ccc(OCc2c(C)noc2C)cc1)C(=O)O. The van der Waals surface area contributed by atoms with Gasteiger partial charge in [-0.05, 0) is 31.5 Å². The van der Waals surface area contributed by atoms with Crippen LogP contribution in [0.3, 0.4) is 0 Å². The monoisotopic (exact) mass is 362 g/mol. The molecule has 1 unspecified atom stereocenters. The molecule has 2 rings (SSSR count). The highest BCUT2D eigenvalue weighted by Gasteiger charge is 2.19. The fraction of sp³-hybridized carbons (Fsp3) is 0.389. The summed E-state index contributed by atoms with van der Waals surface area (Å²) in [6.07, 6.45) is 0.0671. The minimum absolute atomic E-state index is 0.0671. The molecule has 1 aromatic carbocycles. The molecule has 0 radical (unpaired) electrons. The molecule has 1 aromatic heterocycles. The molecule has 8 heteroatoms. The number of nitrogens with one attached hydrogen (secondary N) is 1. The average molecular weight is 362 g/mol. The molecule has 1 heterocycles. The lowest BCUT2D eigenvalue weighted by Gasteiger charge is -2.13. The molecule has 0 saturated heterocycles. The number of rotatable bonds is 9. The van der Waals surface area contributed by atoms with E-state index in [0.29, 0.717) is 12.4 Å². The number of hydrogen-bond acceptors (Lipinski definition) is 6. The van der Waals surface area contributed by atoms with E-state index < -0.39 is 12.0 Å². The summed E-state index contributed by atoms with van der Waals surface area (Å²) in [6, 6.07) is 5.96. The lowest BCUT2D eigenvalue weighted by atomic mass is 10.1. The summed E-state index contributed by atoms with van der Waals surface area (Å²) in [4.78, 5) is 23.0. The molecule has 8 nitrogen and oxygen atoms in total. The molecule has 0 bridgehead atoms. The first-order valence-electron chi connectivity index (χ1n) is 8.05. The van der Waals surface area contributed by atoms with Crippen molar-refractivity contribution in [3.05, 3.63) is 46.8 Å². The Balaban J connectivity index is 1.88. The normalized spacial score (nSPS) is 11.8. The molecule has 0 fully saturated rings. The van der Waals surface area contributed by atoms with E-state index in [4.69, 9.17) is 19.1 Å². The third-order valence-electron chi connectivity index (χ3n) is 3.82. The Bertz CT molecular complexity index is 734. The van der Waals surface area contributed by atoms with E-state index in [-0.39, 0.29) is 18.9 Å². The van der Waals surface area contributed by atoms with Gasteiger partial charge in [-0.25, -0.2) is 4.79 Å². The van der Waals surface area contributed by atoms with Gasteiger partial charge in [0.2, 0.25) is 5.91 Å². The van der Waals surface area contributed by atoms with Gasteiger partial charge in [0, 0.05) is 7.11 Å². The van der Waals surface area contributed by atoms with Crippen LogP contribution in [0.2, 0.25) is 0 Å². The minimum atomic E-state index is -1.14. The zero-order valence-corrected chi connectivity index (χ0v) is 14.9. The molecule has 0 aliphatic heterocycles. The van der Waals surface area contributed by atoms with Gasteiger partial charge in [-0.1, -0.05) is 17.3 Å². The van der Waals surface area contributed by atoms with Gasteiger partial charge in [-0.15, -0.1) is 0 Å². The number of carbonyl (C=O) groups excluding carboxylic acids is 1. The van der Waals surface area contributed by atoms with Gasteiger partial charge in [0.05, 0.1) is 24.3 Å². The maximum Gasteiger partial charge on any atom is 0.328 e. The molecule has 0 aliphatic carbocycles. The van der Waals surface area contributed by atoms with Crippen LogP contribution >= 0.6 is 0 Å². The first kappa shape index (κ1) is 19.5. The first-order chi connectivity index (χ1) is 12.4. The van der Waals surface area contributed by atoms with Crippen molar-refractivity contribution in [2.75, 3.05) is 13.7 Å². The van der Waals surface area contributed by atoms with Crippen molar-refractivity contribution in [3.63, 3.8) is 0 Å². The number of hydrogen-bond donors (Lipinski definition) is 2. The van der Waals surface area contributed by atoms with Gasteiger partial charge < -0.3 is 24.4 Å². The topological polar surface area (TPSA) is 111 Å². The maximum absolute atomic E-state index is 12.0. The molecule has 26 heavy (non-hydrogen) atoms. The minimum Gasteiger partial charge on any atom is -0.489 e. The number of carboxylic acids is 1. The molecule has 2 aromatic rings. The van der Waals surface area contributed by atoms with Crippen molar-refractivity contribution < 1.29 is 28.7 Å². The highest BCUT2D eigenvalue weighted by molar-refractivity contribution is 5.84. The number of ether oxygens (including phenoxy) is 2. The number of aliphatic carboxylic acids is 1. The third kappa shape index (κ3) is 5.32. The largest absolute Gasteiger partial charge is 0.489 e. The molecule has 0 spiro atoms. The Morgan fingerprint density at radius 2 is 1.96 bits per heavy atom. The molecular formula is C18H22N2O6. The molecule has 140 valence electrons. The second kappa shape index (κ2) is 9.00. The van der Waals surface area contributed by atoms with Gasteiger partial charge >= 0.3 is 5.97 Å². The number of methoxy groups -OCH3 is 1. The van der Waals surface area contributed by atoms with Gasteiger partial charge in [-0.3, -0.25) is 4.79 Å². The van der Waals surface area contributed by atoms with Gasteiger partial charge in [0.15, 0.2) is 6.04 Å². The summed E-state index contributed by atoms with van der Waals surface area (Å²) in [5.74, 6) is -0.154. The predicted molar refractivity (Wildman–Crippen MR) is 91.9 cm³/mol. The van der Waals surface area contributed by atoms with E-state index in [1.807, 2.05) is 13.8 Å². The van der Waals surface area contributed by atoms with Crippen LogP contribution in [0.25, 0.3) is 0 Å². The zero-order chi connectivity index (χ0) is 19.1. The fourth-order valence-corrected chi connectivity index (χ4v) is 2.34. The Labute approximate surface area is 151 Å². The molecule has 1 amide bonds. The zero-order valence-electron chi connectivity index (χ0n) is 14.9. The van der Waals surface area contributed by atoms with Crippen molar-refractivity contribution in [3.8, 4) is 5.75 Å². The molecule has 0 saturated carbocycles. The van der Waals surface area contributed by atoms with Crippen LogP contribution in [0.4, 0.5) is 0 Å². The summed E-state index contributed by atoms with van der Waals surface area (Å²) in [7, 11) is 1.38. The van der Waals surface area contributed by atoms with Crippen molar-refractivity contribution in [2.24, 2.45) is 0 Å². The van der Waals surface area contributed by atoms with Crippen LogP contribution in [0.15, 0.2) is 28.8 Å².